The highest BCUT2D eigenvalue weighted by molar-refractivity contribution is 5.55. The van der Waals surface area contributed by atoms with Crippen LogP contribution in [0.25, 0.3) is 0 Å². The van der Waals surface area contributed by atoms with Crippen LogP contribution in [0.1, 0.15) is 70.9 Å². The lowest BCUT2D eigenvalue weighted by Gasteiger charge is -2.36. The van der Waals surface area contributed by atoms with E-state index < -0.39 is 6.10 Å². The molecular weight excluding hydrogens is 552 g/mol. The van der Waals surface area contributed by atoms with Gasteiger partial charge in [0.05, 0.1) is 44.7 Å². The first-order chi connectivity index (χ1) is 21.6. The second-order valence-electron chi connectivity index (χ2n) is 11.7. The molecule has 1 saturated heterocycles. The summed E-state index contributed by atoms with van der Waals surface area (Å²) in [7, 11) is 0. The SMILES string of the molecule is CCOc1ccc(Cc2cc(C3CC(OCc4ccccc4)CC(COCc4ccccc4)O3)c3c(c2C)OCC3O)cc1. The third-order valence-electron chi connectivity index (χ3n) is 8.51. The molecule has 0 amide bonds. The Kier molecular flexibility index (Phi) is 9.93. The molecule has 2 aliphatic heterocycles. The maximum atomic E-state index is 11.1. The summed E-state index contributed by atoms with van der Waals surface area (Å²) in [5.74, 6) is 1.65. The van der Waals surface area contributed by atoms with Crippen molar-refractivity contribution in [3.63, 3.8) is 0 Å². The van der Waals surface area contributed by atoms with Gasteiger partial charge in [-0.15, -0.1) is 0 Å². The van der Waals surface area contributed by atoms with Crippen molar-refractivity contribution < 1.29 is 28.8 Å². The normalized spacial score (nSPS) is 21.1. The number of ether oxygens (including phenoxy) is 5. The minimum absolute atomic E-state index is 0.0229. The zero-order valence-electron chi connectivity index (χ0n) is 25.6. The molecule has 0 bridgehead atoms. The van der Waals surface area contributed by atoms with Gasteiger partial charge in [0, 0.05) is 18.4 Å². The molecule has 0 aromatic heterocycles. The van der Waals surface area contributed by atoms with Crippen molar-refractivity contribution in [3.05, 3.63) is 130 Å². The van der Waals surface area contributed by atoms with Crippen LogP contribution >= 0.6 is 0 Å². The Balaban J connectivity index is 1.26. The van der Waals surface area contributed by atoms with E-state index >= 15 is 0 Å². The molecule has 1 N–H and O–H groups in total. The van der Waals surface area contributed by atoms with E-state index in [0.29, 0.717) is 32.8 Å². The molecule has 2 heterocycles. The van der Waals surface area contributed by atoms with Crippen LogP contribution in [0.5, 0.6) is 11.5 Å². The monoisotopic (exact) mass is 594 g/mol. The summed E-state index contributed by atoms with van der Waals surface area (Å²) in [5.41, 5.74) is 7.50. The summed E-state index contributed by atoms with van der Waals surface area (Å²) in [4.78, 5) is 0. The molecule has 4 aromatic carbocycles. The molecule has 6 nitrogen and oxygen atoms in total. The Labute approximate surface area is 260 Å². The van der Waals surface area contributed by atoms with Gasteiger partial charge in [-0.2, -0.15) is 0 Å². The number of aliphatic hydroxyl groups is 1. The minimum atomic E-state index is -0.694. The molecule has 230 valence electrons. The lowest BCUT2D eigenvalue weighted by atomic mass is 9.87. The van der Waals surface area contributed by atoms with Gasteiger partial charge < -0.3 is 28.8 Å². The molecule has 0 aliphatic carbocycles. The fourth-order valence-corrected chi connectivity index (χ4v) is 6.25. The average molecular weight is 595 g/mol. The van der Waals surface area contributed by atoms with Crippen LogP contribution in [0.2, 0.25) is 0 Å². The standard InChI is InChI=1S/C38H42O6/c1-3-41-31-16-14-27(15-17-31)18-30-19-34(37-35(39)25-43-38(37)26(30)2)36-21-32(42-23-29-12-8-5-9-13-29)20-33(44-36)24-40-22-28-10-6-4-7-11-28/h4-17,19,32-33,35-36,39H,3,18,20-25H2,1-2H3. The fraction of sp³-hybridized carbons (Fsp3) is 0.368. The Hall–Kier alpha value is -3.68. The average Bonchev–Trinajstić information content (AvgIpc) is 3.45. The van der Waals surface area contributed by atoms with Gasteiger partial charge in [-0.3, -0.25) is 0 Å². The Morgan fingerprint density at radius 3 is 2.25 bits per heavy atom. The van der Waals surface area contributed by atoms with Gasteiger partial charge in [0.1, 0.15) is 24.2 Å². The van der Waals surface area contributed by atoms with Gasteiger partial charge in [-0.05, 0) is 65.8 Å². The Bertz CT molecular complexity index is 1490. The number of hydrogen-bond acceptors (Lipinski definition) is 6. The van der Waals surface area contributed by atoms with E-state index in [1.807, 2.05) is 55.5 Å². The van der Waals surface area contributed by atoms with Gasteiger partial charge in [0.2, 0.25) is 0 Å². The van der Waals surface area contributed by atoms with Crippen molar-refractivity contribution in [2.24, 2.45) is 0 Å². The zero-order valence-corrected chi connectivity index (χ0v) is 25.6. The summed E-state index contributed by atoms with van der Waals surface area (Å²) >= 11 is 0. The second-order valence-corrected chi connectivity index (χ2v) is 11.7. The Morgan fingerprint density at radius 1 is 0.841 bits per heavy atom. The van der Waals surface area contributed by atoms with Crippen LogP contribution in [0.4, 0.5) is 0 Å². The maximum absolute atomic E-state index is 11.1. The molecule has 4 unspecified atom stereocenters. The number of rotatable bonds is 12. The highest BCUT2D eigenvalue weighted by Gasteiger charge is 2.37. The molecule has 44 heavy (non-hydrogen) atoms. The van der Waals surface area contributed by atoms with Crippen LogP contribution in [0.15, 0.2) is 91.0 Å². The van der Waals surface area contributed by atoms with Crippen LogP contribution in [0, 0.1) is 6.92 Å². The smallest absolute Gasteiger partial charge is 0.128 e. The summed E-state index contributed by atoms with van der Waals surface area (Å²) in [5, 5.41) is 11.1. The third kappa shape index (κ3) is 7.33. The Morgan fingerprint density at radius 2 is 1.55 bits per heavy atom. The maximum Gasteiger partial charge on any atom is 0.128 e. The van der Waals surface area contributed by atoms with Gasteiger partial charge >= 0.3 is 0 Å². The van der Waals surface area contributed by atoms with E-state index in [9.17, 15) is 5.11 Å². The minimum Gasteiger partial charge on any atom is -0.494 e. The van der Waals surface area contributed by atoms with Gasteiger partial charge in [0.15, 0.2) is 0 Å². The van der Waals surface area contributed by atoms with E-state index in [2.05, 4.69) is 49.4 Å². The lowest BCUT2D eigenvalue weighted by Crippen LogP contribution is -2.36. The van der Waals surface area contributed by atoms with Gasteiger partial charge in [0.25, 0.3) is 0 Å². The quantitative estimate of drug-likeness (QED) is 0.184. The summed E-state index contributed by atoms with van der Waals surface area (Å²) in [6, 6.07) is 30.9. The molecule has 2 aliphatic rings. The van der Waals surface area contributed by atoms with Crippen LogP contribution in [0.3, 0.4) is 0 Å². The number of fused-ring (bicyclic) bond motifs is 1. The molecule has 4 atom stereocenters. The molecular formula is C38H42O6. The molecule has 4 aromatic rings. The molecule has 0 radical (unpaired) electrons. The lowest BCUT2D eigenvalue weighted by molar-refractivity contribution is -0.142. The zero-order chi connectivity index (χ0) is 30.3. The van der Waals surface area contributed by atoms with Crippen molar-refractivity contribution in [2.75, 3.05) is 19.8 Å². The van der Waals surface area contributed by atoms with Crippen molar-refractivity contribution in [2.45, 2.75) is 70.7 Å². The first-order valence-electron chi connectivity index (χ1n) is 15.7. The third-order valence-corrected chi connectivity index (χ3v) is 8.51. The molecule has 0 saturated carbocycles. The molecule has 0 spiro atoms. The van der Waals surface area contributed by atoms with Crippen LogP contribution in [-0.2, 0) is 33.8 Å². The summed E-state index contributed by atoms with van der Waals surface area (Å²) < 4.78 is 31.2. The van der Waals surface area contributed by atoms with Crippen molar-refractivity contribution in [1.29, 1.82) is 0 Å². The number of aliphatic hydroxyl groups excluding tert-OH is 1. The molecule has 6 rings (SSSR count). The molecule has 6 heteroatoms. The summed E-state index contributed by atoms with van der Waals surface area (Å²) in [6.45, 7) is 6.49. The van der Waals surface area contributed by atoms with E-state index in [0.717, 1.165) is 57.7 Å². The van der Waals surface area contributed by atoms with Crippen LogP contribution < -0.4 is 9.47 Å². The van der Waals surface area contributed by atoms with E-state index in [1.54, 1.807) is 0 Å². The second kappa shape index (κ2) is 14.4. The van der Waals surface area contributed by atoms with Gasteiger partial charge in [-0.1, -0.05) is 78.9 Å². The molecule has 1 fully saturated rings. The van der Waals surface area contributed by atoms with Gasteiger partial charge in [-0.25, -0.2) is 0 Å². The van der Waals surface area contributed by atoms with E-state index in [4.69, 9.17) is 23.7 Å². The van der Waals surface area contributed by atoms with E-state index in [-0.39, 0.29) is 24.9 Å². The summed E-state index contributed by atoms with van der Waals surface area (Å²) in [6.07, 6.45) is 1.04. The fourth-order valence-electron chi connectivity index (χ4n) is 6.25. The van der Waals surface area contributed by atoms with Crippen molar-refractivity contribution in [3.8, 4) is 11.5 Å². The topological polar surface area (TPSA) is 66.4 Å². The van der Waals surface area contributed by atoms with E-state index in [1.165, 1.54) is 5.56 Å². The first kappa shape index (κ1) is 30.4. The largest absolute Gasteiger partial charge is 0.494 e. The van der Waals surface area contributed by atoms with Crippen LogP contribution in [-0.4, -0.2) is 37.1 Å². The predicted octanol–water partition coefficient (Wildman–Crippen LogP) is 7.43. The number of hydrogen-bond donors (Lipinski definition) is 1. The highest BCUT2D eigenvalue weighted by atomic mass is 16.5. The van der Waals surface area contributed by atoms with Crippen molar-refractivity contribution >= 4 is 0 Å². The first-order valence-corrected chi connectivity index (χ1v) is 15.7. The number of benzene rings is 4. The van der Waals surface area contributed by atoms with Crippen molar-refractivity contribution in [1.82, 2.24) is 0 Å². The predicted molar refractivity (Wildman–Crippen MR) is 170 cm³/mol. The highest BCUT2D eigenvalue weighted by Crippen LogP contribution is 2.46.